The van der Waals surface area contributed by atoms with E-state index in [1.165, 1.54) is 90.4 Å². The van der Waals surface area contributed by atoms with Gasteiger partial charge in [-0.1, -0.05) is 134 Å². The molecule has 0 spiro atoms. The van der Waals surface area contributed by atoms with Crippen molar-refractivity contribution in [3.63, 3.8) is 0 Å². The van der Waals surface area contributed by atoms with Gasteiger partial charge in [0.2, 0.25) is 0 Å². The molecule has 0 radical (unpaired) electrons. The van der Waals surface area contributed by atoms with E-state index in [1.807, 2.05) is 30.3 Å². The van der Waals surface area contributed by atoms with Gasteiger partial charge in [-0.05, 0) is 30.1 Å². The molecule has 6 nitrogen and oxygen atoms in total. The Labute approximate surface area is 231 Å². The number of hydrogen-bond acceptors (Lipinski definition) is 6. The molecule has 6 heteroatoms. The van der Waals surface area contributed by atoms with Crippen LogP contribution < -0.4 is 0 Å². The molecule has 0 fully saturated rings. The van der Waals surface area contributed by atoms with E-state index in [-0.39, 0.29) is 18.1 Å². The summed E-state index contributed by atoms with van der Waals surface area (Å²) in [7, 11) is 0. The summed E-state index contributed by atoms with van der Waals surface area (Å²) in [5, 5.41) is 3.73. The van der Waals surface area contributed by atoms with Crippen LogP contribution in [0.5, 0.6) is 0 Å². The Kier molecular flexibility index (Phi) is 20.6. The lowest BCUT2D eigenvalue weighted by atomic mass is 10.0. The Bertz CT molecular complexity index is 803. The summed E-state index contributed by atoms with van der Waals surface area (Å²) in [5.41, 5.74) is 0.910. The lowest BCUT2D eigenvalue weighted by Gasteiger charge is -2.11. The fraction of sp³-hybridized carbons (Fsp3) is 0.656. The SMILES string of the molecule is CCCCCCCCCCCCCCCCCCOC(=O)C(=Cc1ccccc1)C(=NOC(C)=O)OCC. The Morgan fingerprint density at radius 2 is 1.21 bits per heavy atom. The van der Waals surface area contributed by atoms with Gasteiger partial charge in [0.05, 0.1) is 13.2 Å². The van der Waals surface area contributed by atoms with Gasteiger partial charge in [-0.25, -0.2) is 9.59 Å². The summed E-state index contributed by atoms with van der Waals surface area (Å²) in [6.45, 7) is 5.87. The zero-order chi connectivity index (χ0) is 27.7. The summed E-state index contributed by atoms with van der Waals surface area (Å²) in [4.78, 5) is 28.8. The Balaban J connectivity index is 2.27. The van der Waals surface area contributed by atoms with E-state index in [2.05, 4.69) is 12.1 Å². The highest BCUT2D eigenvalue weighted by molar-refractivity contribution is 6.19. The minimum absolute atomic E-state index is 0.0662. The molecule has 0 heterocycles. The molecule has 0 bridgehead atoms. The van der Waals surface area contributed by atoms with Crippen molar-refractivity contribution in [3.8, 4) is 0 Å². The molecule has 0 N–H and O–H groups in total. The number of esters is 1. The highest BCUT2D eigenvalue weighted by Gasteiger charge is 2.21. The standard InChI is InChI=1S/C32H51NO5/c1-4-6-7-8-9-10-11-12-13-14-15-16-17-18-19-23-26-37-32(35)30(27-29-24-21-20-22-25-29)31(36-5-2)33-38-28(3)34/h20-22,24-25,27H,4-19,23,26H2,1-3H3. The van der Waals surface area contributed by atoms with Gasteiger partial charge in [0.15, 0.2) is 0 Å². The van der Waals surface area contributed by atoms with Gasteiger partial charge in [-0.3, -0.25) is 0 Å². The molecule has 0 atom stereocenters. The van der Waals surface area contributed by atoms with Crippen molar-refractivity contribution >= 4 is 23.9 Å². The Hall–Kier alpha value is -2.63. The number of nitrogens with zero attached hydrogens (tertiary/aromatic N) is 1. The van der Waals surface area contributed by atoms with Gasteiger partial charge in [-0.2, -0.15) is 0 Å². The first kappa shape index (κ1) is 33.4. The summed E-state index contributed by atoms with van der Waals surface area (Å²) < 4.78 is 11.0. The number of hydrogen-bond donors (Lipinski definition) is 0. The lowest BCUT2D eigenvalue weighted by molar-refractivity contribution is -0.142. The number of unbranched alkanes of at least 4 members (excludes halogenated alkanes) is 15. The van der Waals surface area contributed by atoms with E-state index in [9.17, 15) is 9.59 Å². The highest BCUT2D eigenvalue weighted by Crippen LogP contribution is 2.15. The maximum Gasteiger partial charge on any atom is 0.343 e. The molecule has 38 heavy (non-hydrogen) atoms. The second kappa shape index (κ2) is 23.5. The van der Waals surface area contributed by atoms with Crippen LogP contribution in [-0.4, -0.2) is 31.1 Å². The van der Waals surface area contributed by atoms with Crippen LogP contribution in [-0.2, 0) is 23.9 Å². The molecule has 1 rings (SSSR count). The van der Waals surface area contributed by atoms with Crippen LogP contribution in [0.4, 0.5) is 0 Å². The monoisotopic (exact) mass is 529 g/mol. The number of carbonyl (C=O) groups excluding carboxylic acids is 2. The molecule has 0 aliphatic heterocycles. The molecule has 0 aliphatic rings. The molecule has 0 amide bonds. The average Bonchev–Trinajstić information content (AvgIpc) is 2.92. The van der Waals surface area contributed by atoms with Crippen LogP contribution in [0.3, 0.4) is 0 Å². The molecule has 1 aromatic rings. The molecule has 1 aromatic carbocycles. The van der Waals surface area contributed by atoms with E-state index in [1.54, 1.807) is 13.0 Å². The molecule has 0 aliphatic carbocycles. The summed E-state index contributed by atoms with van der Waals surface area (Å²) >= 11 is 0. The van der Waals surface area contributed by atoms with Crippen molar-refractivity contribution in [3.05, 3.63) is 41.5 Å². The van der Waals surface area contributed by atoms with Crippen molar-refractivity contribution < 1.29 is 23.9 Å². The minimum Gasteiger partial charge on any atom is -0.475 e. The van der Waals surface area contributed by atoms with Gasteiger partial charge in [0.25, 0.3) is 5.90 Å². The fourth-order valence-electron chi connectivity index (χ4n) is 4.21. The number of ether oxygens (including phenoxy) is 2. The maximum atomic E-state index is 12.9. The van der Waals surface area contributed by atoms with Crippen LogP contribution in [0, 0.1) is 0 Å². The number of benzene rings is 1. The Morgan fingerprint density at radius 3 is 1.68 bits per heavy atom. The lowest BCUT2D eigenvalue weighted by Crippen LogP contribution is -2.20. The third kappa shape index (κ3) is 17.8. The van der Waals surface area contributed by atoms with E-state index >= 15 is 0 Å². The number of rotatable bonds is 22. The van der Waals surface area contributed by atoms with Crippen LogP contribution in [0.1, 0.15) is 129 Å². The van der Waals surface area contributed by atoms with Gasteiger partial charge in [-0.15, -0.1) is 0 Å². The quantitative estimate of drug-likeness (QED) is 0.0285. The fourth-order valence-corrected chi connectivity index (χ4v) is 4.21. The van der Waals surface area contributed by atoms with Gasteiger partial charge >= 0.3 is 11.9 Å². The van der Waals surface area contributed by atoms with Crippen LogP contribution in [0.15, 0.2) is 41.1 Å². The maximum absolute atomic E-state index is 12.9. The van der Waals surface area contributed by atoms with Crippen molar-refractivity contribution in [1.82, 2.24) is 0 Å². The van der Waals surface area contributed by atoms with Gasteiger partial charge in [0, 0.05) is 6.92 Å². The molecular weight excluding hydrogens is 478 g/mol. The third-order valence-electron chi connectivity index (χ3n) is 6.33. The van der Waals surface area contributed by atoms with Crippen molar-refractivity contribution in [2.75, 3.05) is 13.2 Å². The van der Waals surface area contributed by atoms with Crippen LogP contribution in [0.2, 0.25) is 0 Å². The topological polar surface area (TPSA) is 74.2 Å². The summed E-state index contributed by atoms with van der Waals surface area (Å²) in [6, 6.07) is 9.35. The molecule has 0 unspecified atom stereocenters. The summed E-state index contributed by atoms with van der Waals surface area (Å²) in [5.74, 6) is -1.21. The van der Waals surface area contributed by atoms with E-state index < -0.39 is 11.9 Å². The molecule has 0 aromatic heterocycles. The van der Waals surface area contributed by atoms with Crippen molar-refractivity contribution in [2.45, 2.75) is 124 Å². The second-order valence-electron chi connectivity index (χ2n) is 9.82. The van der Waals surface area contributed by atoms with Gasteiger partial charge in [0.1, 0.15) is 5.57 Å². The van der Waals surface area contributed by atoms with E-state index in [0.29, 0.717) is 6.61 Å². The van der Waals surface area contributed by atoms with E-state index in [0.717, 1.165) is 24.8 Å². The second-order valence-corrected chi connectivity index (χ2v) is 9.82. The number of carbonyl (C=O) groups is 2. The zero-order valence-electron chi connectivity index (χ0n) is 24.2. The van der Waals surface area contributed by atoms with Crippen molar-refractivity contribution in [1.29, 1.82) is 0 Å². The molecule has 214 valence electrons. The molecule has 0 saturated heterocycles. The first-order valence-electron chi connectivity index (χ1n) is 14.9. The number of oxime groups is 1. The van der Waals surface area contributed by atoms with Crippen LogP contribution >= 0.6 is 0 Å². The van der Waals surface area contributed by atoms with Crippen molar-refractivity contribution in [2.24, 2.45) is 5.16 Å². The predicted molar refractivity (Wildman–Crippen MR) is 156 cm³/mol. The predicted octanol–water partition coefficient (Wildman–Crippen LogP) is 8.79. The first-order chi connectivity index (χ1) is 18.6. The minimum atomic E-state index is -0.595. The summed E-state index contributed by atoms with van der Waals surface area (Å²) in [6.07, 6.45) is 22.3. The third-order valence-corrected chi connectivity index (χ3v) is 6.33. The van der Waals surface area contributed by atoms with E-state index in [4.69, 9.17) is 14.3 Å². The molecule has 0 saturated carbocycles. The largest absolute Gasteiger partial charge is 0.475 e. The van der Waals surface area contributed by atoms with Crippen LogP contribution in [0.25, 0.3) is 6.08 Å². The smallest absolute Gasteiger partial charge is 0.343 e. The van der Waals surface area contributed by atoms with Gasteiger partial charge < -0.3 is 14.3 Å². The normalized spacial score (nSPS) is 11.9. The average molecular weight is 530 g/mol. The molecular formula is C32H51NO5. The first-order valence-corrected chi connectivity index (χ1v) is 14.9. The highest BCUT2D eigenvalue weighted by atomic mass is 16.7. The zero-order valence-corrected chi connectivity index (χ0v) is 24.2. The Morgan fingerprint density at radius 1 is 0.711 bits per heavy atom.